The number of piperazine rings is 1. The Balaban J connectivity index is 1.62. The van der Waals surface area contributed by atoms with Crippen molar-refractivity contribution in [1.82, 2.24) is 30.5 Å². The van der Waals surface area contributed by atoms with Gasteiger partial charge in [0.25, 0.3) is 5.91 Å². The van der Waals surface area contributed by atoms with Gasteiger partial charge in [-0.15, -0.1) is 10.2 Å². The van der Waals surface area contributed by atoms with Crippen LogP contribution in [0.4, 0.5) is 18.3 Å². The summed E-state index contributed by atoms with van der Waals surface area (Å²) in [6.45, 7) is 1.51. The standard InChI is InChI=1S/C10H10F3N7OS/c11-10(12,13)8-16-17-9(22-8)20-3-1-19(2-4-20)7(21)6-5-14-18-15-6/h5H,1-4H2,(H,14,15,18). The minimum Gasteiger partial charge on any atom is -0.343 e. The van der Waals surface area contributed by atoms with Crippen molar-refractivity contribution < 1.29 is 18.0 Å². The van der Waals surface area contributed by atoms with Gasteiger partial charge in [-0.25, -0.2) is 0 Å². The monoisotopic (exact) mass is 333 g/mol. The lowest BCUT2D eigenvalue weighted by molar-refractivity contribution is -0.138. The van der Waals surface area contributed by atoms with Crippen LogP contribution in [-0.4, -0.2) is 62.6 Å². The maximum Gasteiger partial charge on any atom is 0.445 e. The predicted octanol–water partition coefficient (Wildman–Crippen LogP) is 0.637. The topological polar surface area (TPSA) is 90.9 Å². The Labute approximate surface area is 125 Å². The molecule has 0 bridgehead atoms. The van der Waals surface area contributed by atoms with E-state index in [0.717, 1.165) is 0 Å². The van der Waals surface area contributed by atoms with Crippen molar-refractivity contribution in [3.05, 3.63) is 16.9 Å². The Morgan fingerprint density at radius 1 is 1.23 bits per heavy atom. The summed E-state index contributed by atoms with van der Waals surface area (Å²) in [6.07, 6.45) is -3.16. The SMILES string of the molecule is O=C(c1cn[nH]n1)N1CCN(c2nnc(C(F)(F)F)s2)CC1. The van der Waals surface area contributed by atoms with Crippen LogP contribution in [0.1, 0.15) is 15.5 Å². The molecular weight excluding hydrogens is 323 g/mol. The van der Waals surface area contributed by atoms with Gasteiger partial charge in [-0.2, -0.15) is 28.6 Å². The first-order chi connectivity index (χ1) is 10.4. The summed E-state index contributed by atoms with van der Waals surface area (Å²) in [5, 5.41) is 15.6. The summed E-state index contributed by atoms with van der Waals surface area (Å²) < 4.78 is 37.5. The van der Waals surface area contributed by atoms with Crippen molar-refractivity contribution in [2.24, 2.45) is 0 Å². The van der Waals surface area contributed by atoms with Crippen LogP contribution in [0.5, 0.6) is 0 Å². The summed E-state index contributed by atoms with van der Waals surface area (Å²) in [7, 11) is 0. The molecular formula is C10H10F3N7OS. The Morgan fingerprint density at radius 3 is 2.50 bits per heavy atom. The highest BCUT2D eigenvalue weighted by atomic mass is 32.1. The maximum atomic E-state index is 12.5. The fourth-order valence-corrected chi connectivity index (χ4v) is 2.79. The fraction of sp³-hybridized carbons (Fsp3) is 0.500. The molecule has 0 radical (unpaired) electrons. The molecule has 12 heteroatoms. The summed E-state index contributed by atoms with van der Waals surface area (Å²) in [6, 6.07) is 0. The molecule has 0 atom stereocenters. The van der Waals surface area contributed by atoms with E-state index in [9.17, 15) is 18.0 Å². The number of alkyl halides is 3. The van der Waals surface area contributed by atoms with Gasteiger partial charge in [0.1, 0.15) is 0 Å². The quantitative estimate of drug-likeness (QED) is 0.867. The zero-order valence-electron chi connectivity index (χ0n) is 11.0. The van der Waals surface area contributed by atoms with Crippen LogP contribution in [-0.2, 0) is 6.18 Å². The average Bonchev–Trinajstić information content (AvgIpc) is 3.17. The highest BCUT2D eigenvalue weighted by molar-refractivity contribution is 7.15. The Bertz CT molecular complexity index is 648. The van der Waals surface area contributed by atoms with E-state index in [1.165, 1.54) is 6.20 Å². The van der Waals surface area contributed by atoms with Crippen molar-refractivity contribution in [2.75, 3.05) is 31.1 Å². The first-order valence-corrected chi connectivity index (χ1v) is 7.07. The molecule has 0 saturated carbocycles. The number of nitrogens with zero attached hydrogens (tertiary/aromatic N) is 6. The molecule has 22 heavy (non-hydrogen) atoms. The van der Waals surface area contributed by atoms with Crippen molar-refractivity contribution in [2.45, 2.75) is 6.18 Å². The van der Waals surface area contributed by atoms with E-state index in [1.807, 2.05) is 0 Å². The molecule has 1 fully saturated rings. The Hall–Kier alpha value is -2.24. The molecule has 1 aliphatic heterocycles. The van der Waals surface area contributed by atoms with E-state index in [-0.39, 0.29) is 16.7 Å². The Morgan fingerprint density at radius 2 is 1.95 bits per heavy atom. The summed E-state index contributed by atoms with van der Waals surface area (Å²) >= 11 is 0.502. The molecule has 3 rings (SSSR count). The second-order valence-corrected chi connectivity index (χ2v) is 5.48. The molecule has 0 spiro atoms. The number of aromatic amines is 1. The van der Waals surface area contributed by atoms with Crippen LogP contribution in [0, 0.1) is 0 Å². The first-order valence-electron chi connectivity index (χ1n) is 6.26. The van der Waals surface area contributed by atoms with Crippen LogP contribution < -0.4 is 4.90 Å². The third-order valence-electron chi connectivity index (χ3n) is 3.13. The minimum atomic E-state index is -4.49. The molecule has 8 nitrogen and oxygen atoms in total. The van der Waals surface area contributed by atoms with Gasteiger partial charge >= 0.3 is 6.18 Å². The average molecular weight is 333 g/mol. The number of halogens is 3. The number of amides is 1. The zero-order chi connectivity index (χ0) is 15.7. The number of aromatic nitrogens is 5. The van der Waals surface area contributed by atoms with Crippen LogP contribution in [0.15, 0.2) is 6.20 Å². The van der Waals surface area contributed by atoms with Gasteiger partial charge in [0.2, 0.25) is 10.1 Å². The number of anilines is 1. The largest absolute Gasteiger partial charge is 0.445 e. The number of carbonyl (C=O) groups excluding carboxylic acids is 1. The van der Waals surface area contributed by atoms with E-state index in [4.69, 9.17) is 0 Å². The molecule has 2 aromatic heterocycles. The third kappa shape index (κ3) is 2.86. The summed E-state index contributed by atoms with van der Waals surface area (Å²) in [4.78, 5) is 15.3. The molecule has 1 saturated heterocycles. The molecule has 118 valence electrons. The zero-order valence-corrected chi connectivity index (χ0v) is 11.9. The van der Waals surface area contributed by atoms with E-state index in [1.54, 1.807) is 9.80 Å². The normalized spacial score (nSPS) is 16.1. The smallest absolute Gasteiger partial charge is 0.343 e. The summed E-state index contributed by atoms with van der Waals surface area (Å²) in [5.74, 6) is -0.262. The van der Waals surface area contributed by atoms with Gasteiger partial charge in [0, 0.05) is 26.2 Å². The number of hydrogen-bond acceptors (Lipinski definition) is 7. The molecule has 2 aromatic rings. The van der Waals surface area contributed by atoms with Crippen LogP contribution in [0.25, 0.3) is 0 Å². The van der Waals surface area contributed by atoms with Gasteiger partial charge in [0.15, 0.2) is 5.69 Å². The predicted molar refractivity (Wildman–Crippen MR) is 69.4 cm³/mol. The van der Waals surface area contributed by atoms with E-state index >= 15 is 0 Å². The van der Waals surface area contributed by atoms with Crippen LogP contribution in [0.3, 0.4) is 0 Å². The van der Waals surface area contributed by atoms with Crippen LogP contribution >= 0.6 is 11.3 Å². The third-order valence-corrected chi connectivity index (χ3v) is 4.16. The molecule has 0 aliphatic carbocycles. The lowest BCUT2D eigenvalue weighted by Crippen LogP contribution is -2.48. The van der Waals surface area contributed by atoms with Crippen LogP contribution in [0.2, 0.25) is 0 Å². The van der Waals surface area contributed by atoms with Gasteiger partial charge in [-0.05, 0) is 0 Å². The van der Waals surface area contributed by atoms with Crippen molar-refractivity contribution in [1.29, 1.82) is 0 Å². The highest BCUT2D eigenvalue weighted by Crippen LogP contribution is 2.34. The van der Waals surface area contributed by atoms with Crippen molar-refractivity contribution in [3.8, 4) is 0 Å². The van der Waals surface area contributed by atoms with Crippen molar-refractivity contribution in [3.63, 3.8) is 0 Å². The second-order valence-electron chi connectivity index (χ2n) is 4.52. The van der Waals surface area contributed by atoms with Gasteiger partial charge < -0.3 is 9.80 Å². The minimum absolute atomic E-state index is 0.209. The molecule has 0 unspecified atom stereocenters. The van der Waals surface area contributed by atoms with E-state index in [0.29, 0.717) is 37.5 Å². The second kappa shape index (κ2) is 5.51. The lowest BCUT2D eigenvalue weighted by atomic mass is 10.3. The van der Waals surface area contributed by atoms with Crippen molar-refractivity contribution >= 4 is 22.4 Å². The fourth-order valence-electron chi connectivity index (χ4n) is 2.03. The number of hydrogen-bond donors (Lipinski definition) is 1. The maximum absolute atomic E-state index is 12.5. The molecule has 0 aromatic carbocycles. The molecule has 1 aliphatic rings. The number of carbonyl (C=O) groups is 1. The van der Waals surface area contributed by atoms with Gasteiger partial charge in [-0.1, -0.05) is 11.3 Å². The summed E-state index contributed by atoms with van der Waals surface area (Å²) in [5.41, 5.74) is 0.212. The van der Waals surface area contributed by atoms with Gasteiger partial charge in [-0.3, -0.25) is 4.79 Å². The number of H-pyrrole nitrogens is 1. The Kier molecular flexibility index (Phi) is 3.68. The molecule has 3 heterocycles. The van der Waals surface area contributed by atoms with E-state index in [2.05, 4.69) is 25.6 Å². The van der Waals surface area contributed by atoms with E-state index < -0.39 is 11.2 Å². The lowest BCUT2D eigenvalue weighted by Gasteiger charge is -2.33. The molecule has 1 amide bonds. The van der Waals surface area contributed by atoms with Gasteiger partial charge in [0.05, 0.1) is 6.20 Å². The molecule has 1 N–H and O–H groups in total. The number of nitrogens with one attached hydrogen (secondary N) is 1. The highest BCUT2D eigenvalue weighted by Gasteiger charge is 2.36. The number of rotatable bonds is 2. The first kappa shape index (κ1) is 14.7.